The molecule has 6 heteroatoms. The number of nitrogens with zero attached hydrogens (tertiary/aromatic N) is 1. The van der Waals surface area contributed by atoms with E-state index in [2.05, 4.69) is 5.32 Å². The minimum Gasteiger partial charge on any atom is -0.389 e. The number of halogens is 1. The third-order valence-corrected chi connectivity index (χ3v) is 2.41. The number of nitrogens with one attached hydrogen (secondary N) is 1. The lowest BCUT2D eigenvalue weighted by Crippen LogP contribution is -2.34. The smallest absolute Gasteiger partial charge is 0.317 e. The standard InChI is InChI=1S/C11H14FN3OS/c1-15(2)11(16)14-6-8-4-3-7(10(13)17)5-9(8)12/h3-5H,6H2,1-2H3,(H2,13,17)(H,14,16). The highest BCUT2D eigenvalue weighted by atomic mass is 32.1. The highest BCUT2D eigenvalue weighted by molar-refractivity contribution is 7.80. The summed E-state index contributed by atoms with van der Waals surface area (Å²) >= 11 is 4.74. The Balaban J connectivity index is 2.73. The summed E-state index contributed by atoms with van der Waals surface area (Å²) in [6.07, 6.45) is 0. The van der Waals surface area contributed by atoms with Crippen LogP contribution in [0.2, 0.25) is 0 Å². The van der Waals surface area contributed by atoms with E-state index < -0.39 is 5.82 Å². The fraction of sp³-hybridized carbons (Fsp3) is 0.273. The van der Waals surface area contributed by atoms with Crippen LogP contribution in [-0.2, 0) is 6.54 Å². The SMILES string of the molecule is CN(C)C(=O)NCc1ccc(C(N)=S)cc1F. The van der Waals surface area contributed by atoms with Crippen LogP contribution >= 0.6 is 12.2 Å². The van der Waals surface area contributed by atoms with E-state index in [9.17, 15) is 9.18 Å². The summed E-state index contributed by atoms with van der Waals surface area (Å²) in [5.74, 6) is -0.436. The summed E-state index contributed by atoms with van der Waals surface area (Å²) in [4.78, 5) is 12.8. The topological polar surface area (TPSA) is 58.4 Å². The molecule has 4 nitrogen and oxygen atoms in total. The molecule has 17 heavy (non-hydrogen) atoms. The van der Waals surface area contributed by atoms with Crippen molar-refractivity contribution in [2.75, 3.05) is 14.1 Å². The van der Waals surface area contributed by atoms with Crippen molar-refractivity contribution in [2.24, 2.45) is 5.73 Å². The lowest BCUT2D eigenvalue weighted by Gasteiger charge is -2.12. The van der Waals surface area contributed by atoms with Gasteiger partial charge in [-0.25, -0.2) is 9.18 Å². The number of carbonyl (C=O) groups excluding carboxylic acids is 1. The van der Waals surface area contributed by atoms with Gasteiger partial charge in [0.05, 0.1) is 0 Å². The second-order valence-electron chi connectivity index (χ2n) is 3.72. The van der Waals surface area contributed by atoms with Crippen molar-refractivity contribution in [3.63, 3.8) is 0 Å². The van der Waals surface area contributed by atoms with Gasteiger partial charge in [0.2, 0.25) is 0 Å². The zero-order valence-corrected chi connectivity index (χ0v) is 10.5. The third-order valence-electron chi connectivity index (χ3n) is 2.17. The first-order chi connectivity index (χ1) is 7.91. The van der Waals surface area contributed by atoms with Crippen LogP contribution in [0.3, 0.4) is 0 Å². The largest absolute Gasteiger partial charge is 0.389 e. The minimum absolute atomic E-state index is 0.125. The summed E-state index contributed by atoms with van der Waals surface area (Å²) in [6, 6.07) is 4.17. The summed E-state index contributed by atoms with van der Waals surface area (Å²) < 4.78 is 13.6. The molecule has 0 atom stereocenters. The summed E-state index contributed by atoms with van der Waals surface area (Å²) in [5.41, 5.74) is 6.24. The predicted molar refractivity (Wildman–Crippen MR) is 68.2 cm³/mol. The first-order valence-electron chi connectivity index (χ1n) is 4.95. The summed E-state index contributed by atoms with van der Waals surface area (Å²) in [5, 5.41) is 2.57. The third kappa shape index (κ3) is 3.67. The maximum absolute atomic E-state index is 13.6. The predicted octanol–water partition coefficient (Wildman–Crippen LogP) is 1.23. The van der Waals surface area contributed by atoms with E-state index in [0.29, 0.717) is 11.1 Å². The van der Waals surface area contributed by atoms with Gasteiger partial charge in [0, 0.05) is 31.8 Å². The fourth-order valence-corrected chi connectivity index (χ4v) is 1.30. The molecule has 3 N–H and O–H groups in total. The van der Waals surface area contributed by atoms with E-state index >= 15 is 0 Å². The molecular weight excluding hydrogens is 241 g/mol. The first-order valence-corrected chi connectivity index (χ1v) is 5.36. The van der Waals surface area contributed by atoms with Crippen molar-refractivity contribution in [1.29, 1.82) is 0 Å². The molecule has 1 aromatic carbocycles. The quantitative estimate of drug-likeness (QED) is 0.799. The Labute approximate surface area is 105 Å². The molecule has 92 valence electrons. The molecule has 0 heterocycles. The molecule has 0 spiro atoms. The summed E-state index contributed by atoms with van der Waals surface area (Å²) in [6.45, 7) is 0.125. The molecule has 0 saturated heterocycles. The number of hydrogen-bond donors (Lipinski definition) is 2. The fourth-order valence-electron chi connectivity index (χ4n) is 1.17. The van der Waals surface area contributed by atoms with E-state index in [-0.39, 0.29) is 17.6 Å². The Morgan fingerprint density at radius 2 is 2.18 bits per heavy atom. The number of benzene rings is 1. The van der Waals surface area contributed by atoms with Gasteiger partial charge in [-0.05, 0) is 6.07 Å². The van der Waals surface area contributed by atoms with Crippen molar-refractivity contribution >= 4 is 23.2 Å². The minimum atomic E-state index is -0.436. The van der Waals surface area contributed by atoms with Crippen LogP contribution in [0.25, 0.3) is 0 Å². The van der Waals surface area contributed by atoms with Gasteiger partial charge in [-0.3, -0.25) is 0 Å². The van der Waals surface area contributed by atoms with Gasteiger partial charge in [-0.1, -0.05) is 24.4 Å². The summed E-state index contributed by atoms with van der Waals surface area (Å²) in [7, 11) is 3.23. The van der Waals surface area contributed by atoms with Crippen LogP contribution in [0.5, 0.6) is 0 Å². The highest BCUT2D eigenvalue weighted by Gasteiger charge is 2.07. The average molecular weight is 255 g/mol. The Morgan fingerprint density at radius 1 is 1.53 bits per heavy atom. The van der Waals surface area contributed by atoms with Gasteiger partial charge in [0.15, 0.2) is 0 Å². The average Bonchev–Trinajstić information content (AvgIpc) is 2.26. The molecule has 1 rings (SSSR count). The van der Waals surface area contributed by atoms with Crippen molar-refractivity contribution < 1.29 is 9.18 Å². The van der Waals surface area contributed by atoms with Crippen molar-refractivity contribution in [2.45, 2.75) is 6.54 Å². The van der Waals surface area contributed by atoms with Gasteiger partial charge in [-0.15, -0.1) is 0 Å². The van der Waals surface area contributed by atoms with Crippen LogP contribution in [0.15, 0.2) is 18.2 Å². The van der Waals surface area contributed by atoms with E-state index in [4.69, 9.17) is 18.0 Å². The van der Waals surface area contributed by atoms with E-state index in [1.165, 1.54) is 11.0 Å². The zero-order chi connectivity index (χ0) is 13.0. The number of hydrogen-bond acceptors (Lipinski definition) is 2. The van der Waals surface area contributed by atoms with Crippen LogP contribution in [0, 0.1) is 5.82 Å². The number of nitrogens with two attached hydrogens (primary N) is 1. The number of thiocarbonyl (C=S) groups is 1. The molecule has 2 amide bonds. The molecular formula is C11H14FN3OS. The van der Waals surface area contributed by atoms with Gasteiger partial charge in [-0.2, -0.15) is 0 Å². The normalized spacial score (nSPS) is 9.82. The molecule has 0 aliphatic carbocycles. The number of urea groups is 1. The van der Waals surface area contributed by atoms with Crippen molar-refractivity contribution in [3.8, 4) is 0 Å². The van der Waals surface area contributed by atoms with Crippen molar-refractivity contribution in [3.05, 3.63) is 35.1 Å². The number of rotatable bonds is 3. The highest BCUT2D eigenvalue weighted by Crippen LogP contribution is 2.10. The Morgan fingerprint density at radius 3 is 2.65 bits per heavy atom. The second-order valence-corrected chi connectivity index (χ2v) is 4.16. The molecule has 0 aliphatic rings. The van der Waals surface area contributed by atoms with Gasteiger partial charge in [0.1, 0.15) is 10.8 Å². The monoisotopic (exact) mass is 255 g/mol. The van der Waals surface area contributed by atoms with E-state index in [1.807, 2.05) is 0 Å². The van der Waals surface area contributed by atoms with Gasteiger partial charge < -0.3 is 16.0 Å². The molecule has 0 saturated carbocycles. The Hall–Kier alpha value is -1.69. The van der Waals surface area contributed by atoms with Crippen LogP contribution < -0.4 is 11.1 Å². The molecule has 1 aromatic rings. The lowest BCUT2D eigenvalue weighted by molar-refractivity contribution is 0.217. The Bertz CT molecular complexity index is 448. The molecule has 0 radical (unpaired) electrons. The Kier molecular flexibility index (Phi) is 4.39. The lowest BCUT2D eigenvalue weighted by atomic mass is 10.1. The van der Waals surface area contributed by atoms with E-state index in [1.54, 1.807) is 26.2 Å². The van der Waals surface area contributed by atoms with Crippen LogP contribution in [0.4, 0.5) is 9.18 Å². The molecule has 0 bridgehead atoms. The maximum atomic E-state index is 13.6. The van der Waals surface area contributed by atoms with Gasteiger partial charge >= 0.3 is 6.03 Å². The molecule has 0 fully saturated rings. The van der Waals surface area contributed by atoms with Gasteiger partial charge in [0.25, 0.3) is 0 Å². The van der Waals surface area contributed by atoms with Crippen LogP contribution in [0.1, 0.15) is 11.1 Å². The van der Waals surface area contributed by atoms with E-state index in [0.717, 1.165) is 0 Å². The first kappa shape index (κ1) is 13.4. The molecule has 0 aliphatic heterocycles. The molecule has 0 unspecified atom stereocenters. The number of carbonyl (C=O) groups is 1. The second kappa shape index (κ2) is 5.58. The van der Waals surface area contributed by atoms with Crippen molar-refractivity contribution in [1.82, 2.24) is 10.2 Å². The zero-order valence-electron chi connectivity index (χ0n) is 9.66. The molecule has 0 aromatic heterocycles. The maximum Gasteiger partial charge on any atom is 0.317 e. The number of amides is 2. The van der Waals surface area contributed by atoms with Crippen LogP contribution in [-0.4, -0.2) is 30.0 Å².